The molecule has 6 heteroatoms. The molecule has 0 aromatic heterocycles. The third-order valence-electron chi connectivity index (χ3n) is 3.11. The Morgan fingerprint density at radius 3 is 2.25 bits per heavy atom. The van der Waals surface area contributed by atoms with E-state index in [2.05, 4.69) is 0 Å². The number of aryl methyl sites for hydroxylation is 1. The molecule has 0 radical (unpaired) electrons. The van der Waals surface area contributed by atoms with Crippen molar-refractivity contribution in [2.75, 3.05) is 5.73 Å². The summed E-state index contributed by atoms with van der Waals surface area (Å²) in [6, 6.07) is 10.1. The molecule has 106 valence electrons. The zero-order valence-corrected chi connectivity index (χ0v) is 12.1. The summed E-state index contributed by atoms with van der Waals surface area (Å²) in [7, 11) is -3.87. The molecular weight excluding hydrogens is 276 g/mol. The highest BCUT2D eigenvalue weighted by molar-refractivity contribution is 7.89. The number of primary sulfonamides is 1. The molecule has 0 aliphatic carbocycles. The van der Waals surface area contributed by atoms with Crippen LogP contribution in [0, 0.1) is 13.8 Å². The minimum Gasteiger partial charge on any atom is -0.455 e. The van der Waals surface area contributed by atoms with Gasteiger partial charge in [-0.25, -0.2) is 13.6 Å². The van der Waals surface area contributed by atoms with Crippen LogP contribution < -0.4 is 15.6 Å². The number of rotatable bonds is 3. The Labute approximate surface area is 118 Å². The van der Waals surface area contributed by atoms with Gasteiger partial charge in [0.15, 0.2) is 5.75 Å². The molecule has 20 heavy (non-hydrogen) atoms. The molecule has 2 aromatic rings. The first-order valence-electron chi connectivity index (χ1n) is 5.96. The molecule has 0 saturated heterocycles. The van der Waals surface area contributed by atoms with Gasteiger partial charge in [-0.05, 0) is 43.2 Å². The normalized spacial score (nSPS) is 11.3. The molecule has 0 saturated carbocycles. The van der Waals surface area contributed by atoms with E-state index in [-0.39, 0.29) is 16.3 Å². The van der Waals surface area contributed by atoms with Crippen LogP contribution in [-0.4, -0.2) is 8.42 Å². The van der Waals surface area contributed by atoms with Gasteiger partial charge in [0.1, 0.15) is 10.6 Å². The standard InChI is InChI=1S/C14H16N2O3S/c1-9-5-3-6-11(10(9)2)19-12-7-4-8-13(14(12)15)20(16,17)18/h3-8H,15H2,1-2H3,(H2,16,17,18). The van der Waals surface area contributed by atoms with Crippen molar-refractivity contribution in [3.05, 3.63) is 47.5 Å². The van der Waals surface area contributed by atoms with E-state index >= 15 is 0 Å². The zero-order valence-electron chi connectivity index (χ0n) is 11.3. The van der Waals surface area contributed by atoms with Crippen molar-refractivity contribution in [1.82, 2.24) is 0 Å². The lowest BCUT2D eigenvalue weighted by Gasteiger charge is -2.13. The highest BCUT2D eigenvalue weighted by Crippen LogP contribution is 2.33. The van der Waals surface area contributed by atoms with Gasteiger partial charge in [-0.1, -0.05) is 18.2 Å². The molecule has 0 amide bonds. The first-order chi connectivity index (χ1) is 9.30. The van der Waals surface area contributed by atoms with E-state index in [0.29, 0.717) is 5.75 Å². The highest BCUT2D eigenvalue weighted by Gasteiger charge is 2.16. The third kappa shape index (κ3) is 2.76. The van der Waals surface area contributed by atoms with Gasteiger partial charge in [-0.3, -0.25) is 0 Å². The quantitative estimate of drug-likeness (QED) is 0.849. The predicted molar refractivity (Wildman–Crippen MR) is 78.2 cm³/mol. The van der Waals surface area contributed by atoms with Crippen molar-refractivity contribution in [3.63, 3.8) is 0 Å². The van der Waals surface area contributed by atoms with E-state index in [0.717, 1.165) is 11.1 Å². The van der Waals surface area contributed by atoms with Crippen LogP contribution in [0.4, 0.5) is 5.69 Å². The van der Waals surface area contributed by atoms with Crippen LogP contribution in [0.2, 0.25) is 0 Å². The molecule has 0 aliphatic rings. The first kappa shape index (κ1) is 14.4. The molecular formula is C14H16N2O3S. The topological polar surface area (TPSA) is 95.4 Å². The van der Waals surface area contributed by atoms with Gasteiger partial charge in [0, 0.05) is 0 Å². The summed E-state index contributed by atoms with van der Waals surface area (Å²) in [4.78, 5) is -0.139. The number of benzene rings is 2. The predicted octanol–water partition coefficient (Wildman–Crippen LogP) is 2.33. The Morgan fingerprint density at radius 2 is 1.60 bits per heavy atom. The summed E-state index contributed by atoms with van der Waals surface area (Å²) in [5.41, 5.74) is 7.87. The molecule has 4 N–H and O–H groups in total. The Morgan fingerprint density at radius 1 is 1.00 bits per heavy atom. The lowest BCUT2D eigenvalue weighted by Crippen LogP contribution is -2.14. The van der Waals surface area contributed by atoms with E-state index in [1.54, 1.807) is 12.1 Å². The van der Waals surface area contributed by atoms with Gasteiger partial charge in [-0.15, -0.1) is 0 Å². The molecule has 2 rings (SSSR count). The van der Waals surface area contributed by atoms with E-state index < -0.39 is 10.0 Å². The van der Waals surface area contributed by atoms with Crippen LogP contribution in [0.1, 0.15) is 11.1 Å². The van der Waals surface area contributed by atoms with Crippen molar-refractivity contribution < 1.29 is 13.2 Å². The fourth-order valence-electron chi connectivity index (χ4n) is 1.81. The van der Waals surface area contributed by atoms with Crippen molar-refractivity contribution >= 4 is 15.7 Å². The minimum atomic E-state index is -3.87. The van der Waals surface area contributed by atoms with Gasteiger partial charge in [0.05, 0.1) is 5.69 Å². The van der Waals surface area contributed by atoms with Crippen LogP contribution in [0.15, 0.2) is 41.3 Å². The minimum absolute atomic E-state index is 0.0101. The smallest absolute Gasteiger partial charge is 0.240 e. The summed E-state index contributed by atoms with van der Waals surface area (Å²) >= 11 is 0. The van der Waals surface area contributed by atoms with Crippen LogP contribution in [-0.2, 0) is 10.0 Å². The average molecular weight is 292 g/mol. The molecule has 0 heterocycles. The van der Waals surface area contributed by atoms with Crippen LogP contribution >= 0.6 is 0 Å². The lowest BCUT2D eigenvalue weighted by molar-refractivity contribution is 0.479. The number of nitrogen functional groups attached to an aromatic ring is 1. The molecule has 2 aromatic carbocycles. The van der Waals surface area contributed by atoms with Gasteiger partial charge in [0.2, 0.25) is 10.0 Å². The number of hydrogen-bond donors (Lipinski definition) is 2. The van der Waals surface area contributed by atoms with Crippen LogP contribution in [0.25, 0.3) is 0 Å². The maximum absolute atomic E-state index is 11.4. The van der Waals surface area contributed by atoms with Gasteiger partial charge in [-0.2, -0.15) is 0 Å². The van der Waals surface area contributed by atoms with E-state index in [1.807, 2.05) is 26.0 Å². The van der Waals surface area contributed by atoms with Gasteiger partial charge >= 0.3 is 0 Å². The molecule has 0 atom stereocenters. The zero-order chi connectivity index (χ0) is 14.9. The lowest BCUT2D eigenvalue weighted by atomic mass is 10.1. The summed E-state index contributed by atoms with van der Waals surface area (Å²) in [6.45, 7) is 3.89. The maximum Gasteiger partial charge on any atom is 0.240 e. The van der Waals surface area contributed by atoms with Gasteiger partial charge in [0.25, 0.3) is 0 Å². The fourth-order valence-corrected chi connectivity index (χ4v) is 2.49. The molecule has 5 nitrogen and oxygen atoms in total. The summed E-state index contributed by atoms with van der Waals surface area (Å²) in [5.74, 6) is 0.897. The number of ether oxygens (including phenoxy) is 1. The van der Waals surface area contributed by atoms with Crippen molar-refractivity contribution in [3.8, 4) is 11.5 Å². The van der Waals surface area contributed by atoms with E-state index in [1.165, 1.54) is 12.1 Å². The number of para-hydroxylation sites is 1. The third-order valence-corrected chi connectivity index (χ3v) is 4.08. The van der Waals surface area contributed by atoms with E-state index in [4.69, 9.17) is 15.6 Å². The Hall–Kier alpha value is -2.05. The van der Waals surface area contributed by atoms with Crippen molar-refractivity contribution in [2.45, 2.75) is 18.7 Å². The van der Waals surface area contributed by atoms with Crippen molar-refractivity contribution in [2.24, 2.45) is 5.14 Å². The second-order valence-corrected chi connectivity index (χ2v) is 6.04. The largest absolute Gasteiger partial charge is 0.455 e. The fraction of sp³-hybridized carbons (Fsp3) is 0.143. The average Bonchev–Trinajstić information content (AvgIpc) is 2.36. The SMILES string of the molecule is Cc1cccc(Oc2cccc(S(N)(=O)=O)c2N)c1C. The molecule has 0 unspecified atom stereocenters. The first-order valence-corrected chi connectivity index (χ1v) is 7.50. The molecule has 0 fully saturated rings. The summed E-state index contributed by atoms with van der Waals surface area (Å²) < 4.78 is 28.6. The van der Waals surface area contributed by atoms with Crippen LogP contribution in [0.3, 0.4) is 0 Å². The molecule has 0 aliphatic heterocycles. The van der Waals surface area contributed by atoms with Gasteiger partial charge < -0.3 is 10.5 Å². The Bertz CT molecular complexity index is 755. The highest BCUT2D eigenvalue weighted by atomic mass is 32.2. The number of anilines is 1. The Kier molecular flexibility index (Phi) is 3.69. The van der Waals surface area contributed by atoms with E-state index in [9.17, 15) is 8.42 Å². The molecule has 0 bridgehead atoms. The second kappa shape index (κ2) is 5.15. The number of hydrogen-bond acceptors (Lipinski definition) is 4. The Balaban J connectivity index is 2.48. The number of sulfonamides is 1. The van der Waals surface area contributed by atoms with Crippen molar-refractivity contribution in [1.29, 1.82) is 0 Å². The summed E-state index contributed by atoms with van der Waals surface area (Å²) in [5, 5.41) is 5.11. The summed E-state index contributed by atoms with van der Waals surface area (Å²) in [6.07, 6.45) is 0. The second-order valence-electron chi connectivity index (χ2n) is 4.51. The number of nitrogens with two attached hydrogens (primary N) is 2. The molecule has 0 spiro atoms. The monoisotopic (exact) mass is 292 g/mol. The maximum atomic E-state index is 11.4. The van der Waals surface area contributed by atoms with Crippen LogP contribution in [0.5, 0.6) is 11.5 Å².